The first-order valence-electron chi connectivity index (χ1n) is 9.34. The lowest BCUT2D eigenvalue weighted by Crippen LogP contribution is -2.25. The highest BCUT2D eigenvalue weighted by atomic mass is 19.1. The second-order valence-electron chi connectivity index (χ2n) is 6.65. The SMILES string of the molecule is Nc1cc(Oc2ccc(N([O-])C(=O)c3cccc(-c4ccc(F)cc4)n3)cc2F)ccn1. The number of anilines is 2. The molecule has 0 radical (unpaired) electrons. The summed E-state index contributed by atoms with van der Waals surface area (Å²) >= 11 is 0. The second kappa shape index (κ2) is 8.78. The fourth-order valence-electron chi connectivity index (χ4n) is 2.87. The lowest BCUT2D eigenvalue weighted by Gasteiger charge is -2.28. The molecule has 2 N–H and O–H groups in total. The van der Waals surface area contributed by atoms with Gasteiger partial charge in [-0.3, -0.25) is 4.79 Å². The van der Waals surface area contributed by atoms with Gasteiger partial charge in [-0.05, 0) is 54.6 Å². The summed E-state index contributed by atoms with van der Waals surface area (Å²) < 4.78 is 33.0. The highest BCUT2D eigenvalue weighted by molar-refractivity contribution is 6.05. The summed E-state index contributed by atoms with van der Waals surface area (Å²) in [5.74, 6) is -1.93. The summed E-state index contributed by atoms with van der Waals surface area (Å²) in [4.78, 5) is 20.6. The number of hydrogen-bond donors (Lipinski definition) is 1. The number of nitrogens with zero attached hydrogens (tertiary/aromatic N) is 3. The van der Waals surface area contributed by atoms with Crippen molar-refractivity contribution in [3.63, 3.8) is 0 Å². The van der Waals surface area contributed by atoms with E-state index < -0.39 is 17.5 Å². The van der Waals surface area contributed by atoms with Crippen molar-refractivity contribution in [3.8, 4) is 22.8 Å². The van der Waals surface area contributed by atoms with Crippen LogP contribution in [0.25, 0.3) is 11.3 Å². The Balaban J connectivity index is 1.54. The molecule has 7 nitrogen and oxygen atoms in total. The van der Waals surface area contributed by atoms with E-state index in [1.165, 1.54) is 60.8 Å². The molecule has 0 saturated heterocycles. The van der Waals surface area contributed by atoms with Crippen molar-refractivity contribution >= 4 is 17.4 Å². The molecule has 0 unspecified atom stereocenters. The van der Waals surface area contributed by atoms with Gasteiger partial charge in [0.2, 0.25) is 0 Å². The minimum absolute atomic E-state index is 0.0358. The number of rotatable bonds is 5. The van der Waals surface area contributed by atoms with Gasteiger partial charge in [-0.2, -0.15) is 0 Å². The average Bonchev–Trinajstić information content (AvgIpc) is 2.80. The number of ether oxygens (including phenoxy) is 1. The van der Waals surface area contributed by atoms with Gasteiger partial charge in [0.25, 0.3) is 5.91 Å². The van der Waals surface area contributed by atoms with Crippen molar-refractivity contribution in [1.82, 2.24) is 9.97 Å². The fraction of sp³-hybridized carbons (Fsp3) is 0. The molecule has 160 valence electrons. The first kappa shape index (κ1) is 20.9. The smallest absolute Gasteiger partial charge is 0.266 e. The topological polar surface area (TPSA) is 104 Å². The van der Waals surface area contributed by atoms with Gasteiger partial charge in [0, 0.05) is 29.6 Å². The van der Waals surface area contributed by atoms with E-state index in [1.54, 1.807) is 12.1 Å². The van der Waals surface area contributed by atoms with Crippen LogP contribution in [-0.2, 0) is 0 Å². The first-order chi connectivity index (χ1) is 15.4. The van der Waals surface area contributed by atoms with Crippen LogP contribution in [0.5, 0.6) is 11.5 Å². The van der Waals surface area contributed by atoms with Crippen LogP contribution in [0.2, 0.25) is 0 Å². The van der Waals surface area contributed by atoms with E-state index in [0.29, 0.717) is 11.3 Å². The highest BCUT2D eigenvalue weighted by Crippen LogP contribution is 2.29. The molecular formula is C23H15F2N4O3-. The van der Waals surface area contributed by atoms with E-state index in [9.17, 15) is 18.8 Å². The van der Waals surface area contributed by atoms with Crippen molar-refractivity contribution in [2.45, 2.75) is 0 Å². The molecule has 9 heteroatoms. The van der Waals surface area contributed by atoms with Crippen molar-refractivity contribution in [3.05, 3.63) is 102 Å². The molecule has 4 rings (SSSR count). The Bertz CT molecular complexity index is 1280. The van der Waals surface area contributed by atoms with Crippen molar-refractivity contribution in [1.29, 1.82) is 0 Å². The first-order valence-corrected chi connectivity index (χ1v) is 9.34. The molecule has 0 atom stereocenters. The zero-order valence-corrected chi connectivity index (χ0v) is 16.4. The number of nitrogen functional groups attached to an aromatic ring is 1. The third-order valence-corrected chi connectivity index (χ3v) is 4.42. The summed E-state index contributed by atoms with van der Waals surface area (Å²) in [5.41, 5.74) is 6.14. The van der Waals surface area contributed by atoms with E-state index >= 15 is 0 Å². The second-order valence-corrected chi connectivity index (χ2v) is 6.65. The largest absolute Gasteiger partial charge is 0.751 e. The number of nitrogens with two attached hydrogens (primary N) is 1. The summed E-state index contributed by atoms with van der Waals surface area (Å²) in [5, 5.41) is 12.6. The number of carbonyl (C=O) groups excluding carboxylic acids is 1. The van der Waals surface area contributed by atoms with E-state index in [4.69, 9.17) is 10.5 Å². The molecule has 4 aromatic rings. The molecule has 2 aromatic carbocycles. The zero-order chi connectivity index (χ0) is 22.7. The molecule has 0 aliphatic carbocycles. The van der Waals surface area contributed by atoms with Crippen LogP contribution >= 0.6 is 0 Å². The van der Waals surface area contributed by atoms with Crippen LogP contribution in [-0.4, -0.2) is 15.9 Å². The zero-order valence-electron chi connectivity index (χ0n) is 16.4. The Morgan fingerprint density at radius 2 is 1.78 bits per heavy atom. The molecule has 0 bridgehead atoms. The monoisotopic (exact) mass is 433 g/mol. The Morgan fingerprint density at radius 3 is 2.50 bits per heavy atom. The predicted molar refractivity (Wildman–Crippen MR) is 115 cm³/mol. The molecular weight excluding hydrogens is 418 g/mol. The van der Waals surface area contributed by atoms with Gasteiger partial charge < -0.3 is 20.7 Å². The minimum Gasteiger partial charge on any atom is -0.751 e. The molecule has 0 aliphatic rings. The maximum absolute atomic E-state index is 14.5. The third-order valence-electron chi connectivity index (χ3n) is 4.42. The molecule has 2 heterocycles. The maximum Gasteiger partial charge on any atom is 0.266 e. The van der Waals surface area contributed by atoms with Crippen LogP contribution in [0.15, 0.2) is 79.0 Å². The lowest BCUT2D eigenvalue weighted by atomic mass is 10.1. The Labute approximate surface area is 181 Å². The maximum atomic E-state index is 14.5. The van der Waals surface area contributed by atoms with Crippen LogP contribution < -0.4 is 15.5 Å². The molecule has 0 saturated carbocycles. The molecule has 2 aromatic heterocycles. The van der Waals surface area contributed by atoms with Crippen molar-refractivity contribution < 1.29 is 18.3 Å². The fourth-order valence-corrected chi connectivity index (χ4v) is 2.87. The van der Waals surface area contributed by atoms with Crippen LogP contribution in [0.1, 0.15) is 10.5 Å². The Kier molecular flexibility index (Phi) is 5.73. The highest BCUT2D eigenvalue weighted by Gasteiger charge is 2.15. The van der Waals surface area contributed by atoms with E-state index in [-0.39, 0.29) is 33.8 Å². The molecule has 1 amide bonds. The number of hydroxylamine groups is 1. The van der Waals surface area contributed by atoms with Gasteiger partial charge in [0.1, 0.15) is 23.1 Å². The number of aromatic nitrogens is 2. The van der Waals surface area contributed by atoms with E-state index in [0.717, 1.165) is 6.07 Å². The normalized spacial score (nSPS) is 10.6. The summed E-state index contributed by atoms with van der Waals surface area (Å²) in [7, 11) is 0. The van der Waals surface area contributed by atoms with Gasteiger partial charge in [0.15, 0.2) is 11.6 Å². The summed E-state index contributed by atoms with van der Waals surface area (Å²) in [6.45, 7) is 0. The van der Waals surface area contributed by atoms with Gasteiger partial charge in [0.05, 0.1) is 5.69 Å². The minimum atomic E-state index is -0.982. The van der Waals surface area contributed by atoms with Crippen molar-refractivity contribution in [2.75, 3.05) is 10.8 Å². The molecule has 0 aliphatic heterocycles. The standard InChI is InChI=1S/C23H15F2N4O3/c24-15-6-4-14(5-7-15)19-2-1-3-20(28-19)23(30)29(31)16-8-9-21(18(25)12-16)32-17-10-11-27-22(26)13-17/h1-13H,(H2,26,27)/q-1. The van der Waals surface area contributed by atoms with Gasteiger partial charge in [-0.15, -0.1) is 0 Å². The number of benzene rings is 2. The average molecular weight is 433 g/mol. The molecule has 0 fully saturated rings. The number of pyridine rings is 2. The lowest BCUT2D eigenvalue weighted by molar-refractivity contribution is 0.0993. The number of hydrogen-bond acceptors (Lipinski definition) is 6. The van der Waals surface area contributed by atoms with Gasteiger partial charge >= 0.3 is 0 Å². The summed E-state index contributed by atoms with van der Waals surface area (Å²) in [6.07, 6.45) is 1.40. The number of amides is 1. The van der Waals surface area contributed by atoms with Gasteiger partial charge in [-0.1, -0.05) is 6.07 Å². The predicted octanol–water partition coefficient (Wildman–Crippen LogP) is 4.94. The third kappa shape index (κ3) is 4.52. The van der Waals surface area contributed by atoms with Crippen LogP contribution in [0, 0.1) is 16.8 Å². The molecule has 32 heavy (non-hydrogen) atoms. The number of halogens is 2. The van der Waals surface area contributed by atoms with Crippen molar-refractivity contribution in [2.24, 2.45) is 0 Å². The van der Waals surface area contributed by atoms with Crippen LogP contribution in [0.4, 0.5) is 20.3 Å². The Morgan fingerprint density at radius 1 is 1.00 bits per heavy atom. The Hall–Kier alpha value is -4.37. The van der Waals surface area contributed by atoms with E-state index in [2.05, 4.69) is 9.97 Å². The van der Waals surface area contributed by atoms with Crippen LogP contribution in [0.3, 0.4) is 0 Å². The molecule has 0 spiro atoms. The quantitative estimate of drug-likeness (QED) is 0.447. The summed E-state index contributed by atoms with van der Waals surface area (Å²) in [6, 6.07) is 16.3. The van der Waals surface area contributed by atoms with Gasteiger partial charge in [-0.25, -0.2) is 18.7 Å². The number of carbonyl (C=O) groups is 1. The van der Waals surface area contributed by atoms with E-state index in [1.807, 2.05) is 0 Å².